The zero-order valence-corrected chi connectivity index (χ0v) is 18.2. The van der Waals surface area contributed by atoms with E-state index in [1.165, 1.54) is 6.26 Å². The second kappa shape index (κ2) is 7.32. The van der Waals surface area contributed by atoms with Crippen LogP contribution in [0, 0.1) is 0 Å². The molecule has 3 unspecified atom stereocenters. The number of halogens is 1. The summed E-state index contributed by atoms with van der Waals surface area (Å²) in [5.41, 5.74) is 3.29. The molecule has 1 aliphatic carbocycles. The Balaban J connectivity index is 1.55. The van der Waals surface area contributed by atoms with E-state index in [2.05, 4.69) is 4.72 Å². The molecular weight excluding hydrogens is 432 g/mol. The quantitative estimate of drug-likeness (QED) is 0.637. The molecule has 1 aliphatic heterocycles. The number of hydrogen-bond acceptors (Lipinski definition) is 3. The zero-order chi connectivity index (χ0) is 21.8. The Kier molecular flexibility index (Phi) is 4.72. The predicted octanol–water partition coefficient (Wildman–Crippen LogP) is 4.47. The molecule has 0 bridgehead atoms. The summed E-state index contributed by atoms with van der Waals surface area (Å²) in [5, 5.41) is 0.668. The van der Waals surface area contributed by atoms with Gasteiger partial charge in [-0.25, -0.2) is 4.21 Å². The molecule has 0 saturated heterocycles. The van der Waals surface area contributed by atoms with Gasteiger partial charge in [0, 0.05) is 28.4 Å². The standard InChI is InChI=1S/C24H19ClN2O3S/c1-31(30)26-22(28)16-5-4-6-18(13-16)27-21-8-3-2-7-19(21)24(23(27)29)14-20(24)15-9-11-17(25)12-10-15/h2-13,20H,14H2,1H3,(H,26,28). The first-order chi connectivity index (χ1) is 14.9. The molecule has 7 heteroatoms. The molecule has 5 nitrogen and oxygen atoms in total. The summed E-state index contributed by atoms with van der Waals surface area (Å²) in [7, 11) is -1.47. The van der Waals surface area contributed by atoms with Gasteiger partial charge < -0.3 is 0 Å². The maximum atomic E-state index is 13.8. The van der Waals surface area contributed by atoms with E-state index in [4.69, 9.17) is 11.6 Å². The van der Waals surface area contributed by atoms with E-state index in [1.54, 1.807) is 23.1 Å². The van der Waals surface area contributed by atoms with Crippen molar-refractivity contribution < 1.29 is 13.8 Å². The fourth-order valence-electron chi connectivity index (χ4n) is 4.60. The van der Waals surface area contributed by atoms with Crippen LogP contribution in [0.25, 0.3) is 0 Å². The van der Waals surface area contributed by atoms with Gasteiger partial charge in [0.25, 0.3) is 5.91 Å². The average molecular weight is 451 g/mol. The van der Waals surface area contributed by atoms with Gasteiger partial charge in [-0.3, -0.25) is 19.2 Å². The number of nitrogens with zero attached hydrogens (tertiary/aromatic N) is 1. The summed E-state index contributed by atoms with van der Waals surface area (Å²) >= 11 is 6.05. The van der Waals surface area contributed by atoms with E-state index in [1.807, 2.05) is 54.6 Å². The van der Waals surface area contributed by atoms with Gasteiger partial charge >= 0.3 is 0 Å². The van der Waals surface area contributed by atoms with Gasteiger partial charge in [0.2, 0.25) is 5.91 Å². The molecule has 1 fully saturated rings. The maximum absolute atomic E-state index is 13.8. The molecule has 3 aromatic carbocycles. The molecule has 31 heavy (non-hydrogen) atoms. The van der Waals surface area contributed by atoms with E-state index in [0.29, 0.717) is 16.3 Å². The molecule has 1 spiro atoms. The zero-order valence-electron chi connectivity index (χ0n) is 16.7. The van der Waals surface area contributed by atoms with Crippen LogP contribution in [0.4, 0.5) is 11.4 Å². The minimum Gasteiger partial charge on any atom is -0.280 e. The van der Waals surface area contributed by atoms with Crippen molar-refractivity contribution >= 4 is 45.8 Å². The molecule has 0 radical (unpaired) electrons. The van der Waals surface area contributed by atoms with Crippen LogP contribution in [0.1, 0.15) is 33.8 Å². The highest BCUT2D eigenvalue weighted by Crippen LogP contribution is 2.67. The average Bonchev–Trinajstić information content (AvgIpc) is 3.45. The van der Waals surface area contributed by atoms with Crippen molar-refractivity contribution in [3.63, 3.8) is 0 Å². The smallest absolute Gasteiger partial charge is 0.263 e. The SMILES string of the molecule is CS(=O)NC(=O)c1cccc(N2C(=O)C3(CC3c3ccc(Cl)cc3)c3ccccc32)c1. The lowest BCUT2D eigenvalue weighted by atomic mass is 9.92. The van der Waals surface area contributed by atoms with Gasteiger partial charge in [-0.2, -0.15) is 0 Å². The number of benzene rings is 3. The highest BCUT2D eigenvalue weighted by atomic mass is 35.5. The third-order valence-electron chi connectivity index (χ3n) is 6.05. The molecule has 5 rings (SSSR count). The van der Waals surface area contributed by atoms with Crippen LogP contribution in [0.15, 0.2) is 72.8 Å². The highest BCUT2D eigenvalue weighted by molar-refractivity contribution is 7.82. The topological polar surface area (TPSA) is 66.5 Å². The summed E-state index contributed by atoms with van der Waals surface area (Å²) in [4.78, 5) is 27.8. The number of anilines is 2. The largest absolute Gasteiger partial charge is 0.280 e. The van der Waals surface area contributed by atoms with Crippen molar-refractivity contribution in [1.82, 2.24) is 4.72 Å². The summed E-state index contributed by atoms with van der Waals surface area (Å²) in [6.45, 7) is 0. The maximum Gasteiger partial charge on any atom is 0.263 e. The van der Waals surface area contributed by atoms with Gasteiger partial charge in [-0.15, -0.1) is 0 Å². The van der Waals surface area contributed by atoms with Crippen LogP contribution < -0.4 is 9.62 Å². The van der Waals surface area contributed by atoms with E-state index < -0.39 is 22.3 Å². The molecule has 0 aromatic heterocycles. The molecule has 1 saturated carbocycles. The lowest BCUT2D eigenvalue weighted by Crippen LogP contribution is -2.30. The molecule has 3 aromatic rings. The van der Waals surface area contributed by atoms with Crippen LogP contribution >= 0.6 is 11.6 Å². The Labute approximate surface area is 187 Å². The van der Waals surface area contributed by atoms with E-state index in [9.17, 15) is 13.8 Å². The number of fused-ring (bicyclic) bond motifs is 2. The highest BCUT2D eigenvalue weighted by Gasteiger charge is 2.67. The van der Waals surface area contributed by atoms with Crippen molar-refractivity contribution in [2.45, 2.75) is 17.8 Å². The van der Waals surface area contributed by atoms with Gasteiger partial charge in [-0.05, 0) is 53.9 Å². The van der Waals surface area contributed by atoms with Crippen LogP contribution in [-0.2, 0) is 21.2 Å². The fraction of sp³-hybridized carbons (Fsp3) is 0.167. The number of nitrogens with one attached hydrogen (secondary N) is 1. The second-order valence-corrected chi connectivity index (χ2v) is 9.42. The van der Waals surface area contributed by atoms with Crippen molar-refractivity contribution in [3.05, 3.63) is 94.5 Å². The number of rotatable bonds is 4. The number of carbonyl (C=O) groups excluding carboxylic acids is 2. The first-order valence-corrected chi connectivity index (χ1v) is 11.8. The normalized spacial score (nSPS) is 22.3. The van der Waals surface area contributed by atoms with Crippen LogP contribution in [-0.4, -0.2) is 22.3 Å². The summed E-state index contributed by atoms with van der Waals surface area (Å²) in [5.74, 6) is -0.356. The lowest BCUT2D eigenvalue weighted by Gasteiger charge is -2.19. The Hall–Kier alpha value is -2.96. The van der Waals surface area contributed by atoms with E-state index in [-0.39, 0.29) is 11.8 Å². The van der Waals surface area contributed by atoms with Crippen molar-refractivity contribution in [1.29, 1.82) is 0 Å². The molecular formula is C24H19ClN2O3S. The number of hydrogen-bond donors (Lipinski definition) is 1. The van der Waals surface area contributed by atoms with Gasteiger partial charge in [0.1, 0.15) is 11.0 Å². The second-order valence-electron chi connectivity index (χ2n) is 7.87. The minimum atomic E-state index is -1.47. The van der Waals surface area contributed by atoms with Crippen LogP contribution in [0.2, 0.25) is 5.02 Å². The van der Waals surface area contributed by atoms with Crippen LogP contribution in [0.3, 0.4) is 0 Å². The fourth-order valence-corrected chi connectivity index (χ4v) is 5.10. The first kappa shape index (κ1) is 20.0. The molecule has 1 N–H and O–H groups in total. The first-order valence-electron chi connectivity index (χ1n) is 9.86. The minimum absolute atomic E-state index is 0.00489. The Morgan fingerprint density at radius 3 is 2.58 bits per heavy atom. The van der Waals surface area contributed by atoms with Gasteiger partial charge in [0.05, 0.1) is 11.1 Å². The molecule has 2 amide bonds. The van der Waals surface area contributed by atoms with E-state index >= 15 is 0 Å². The molecule has 1 heterocycles. The van der Waals surface area contributed by atoms with Gasteiger partial charge in [0.15, 0.2) is 0 Å². The van der Waals surface area contributed by atoms with Gasteiger partial charge in [-0.1, -0.05) is 48.0 Å². The Morgan fingerprint density at radius 2 is 1.84 bits per heavy atom. The monoisotopic (exact) mass is 450 g/mol. The number of para-hydroxylation sites is 1. The van der Waals surface area contributed by atoms with Crippen molar-refractivity contribution in [2.75, 3.05) is 11.2 Å². The van der Waals surface area contributed by atoms with Crippen molar-refractivity contribution in [2.24, 2.45) is 0 Å². The number of amides is 2. The summed E-state index contributed by atoms with van der Waals surface area (Å²) in [6, 6.07) is 22.3. The Morgan fingerprint density at radius 1 is 1.10 bits per heavy atom. The lowest BCUT2D eigenvalue weighted by molar-refractivity contribution is -0.119. The Bertz CT molecular complexity index is 1240. The van der Waals surface area contributed by atoms with Crippen molar-refractivity contribution in [3.8, 4) is 0 Å². The van der Waals surface area contributed by atoms with Crippen LogP contribution in [0.5, 0.6) is 0 Å². The van der Waals surface area contributed by atoms with E-state index in [0.717, 1.165) is 23.2 Å². The predicted molar refractivity (Wildman–Crippen MR) is 122 cm³/mol. The third-order valence-corrected chi connectivity index (χ3v) is 6.77. The molecule has 156 valence electrons. The molecule has 3 atom stereocenters. The number of carbonyl (C=O) groups is 2. The summed E-state index contributed by atoms with van der Waals surface area (Å²) in [6.07, 6.45) is 2.13. The molecule has 2 aliphatic rings. The third kappa shape index (κ3) is 3.18. The summed E-state index contributed by atoms with van der Waals surface area (Å²) < 4.78 is 13.8.